The van der Waals surface area contributed by atoms with E-state index in [9.17, 15) is 13.2 Å². The van der Waals surface area contributed by atoms with Gasteiger partial charge in [0.1, 0.15) is 6.54 Å². The summed E-state index contributed by atoms with van der Waals surface area (Å²) in [4.78, 5) is 11.1. The summed E-state index contributed by atoms with van der Waals surface area (Å²) in [5.74, 6) is -0.703. The van der Waals surface area contributed by atoms with Crippen molar-refractivity contribution in [1.29, 1.82) is 0 Å². The number of hydrogen-bond donors (Lipinski definition) is 2. The van der Waals surface area contributed by atoms with Crippen molar-refractivity contribution in [3.63, 3.8) is 0 Å². The highest BCUT2D eigenvalue weighted by molar-refractivity contribution is 7.90. The fourth-order valence-electron chi connectivity index (χ4n) is 1.18. The molecule has 112 valence electrons. The van der Waals surface area contributed by atoms with Gasteiger partial charge in [-0.15, -0.1) is 0 Å². The Hall–Kier alpha value is -0.730. The molecule has 0 heterocycles. The fraction of sp³-hybridized carbons (Fsp3) is 0.300. The quantitative estimate of drug-likeness (QED) is 0.762. The van der Waals surface area contributed by atoms with Crippen molar-refractivity contribution in [2.24, 2.45) is 0 Å². The number of benzene rings is 1. The van der Waals surface area contributed by atoms with E-state index in [-0.39, 0.29) is 27.4 Å². The summed E-state index contributed by atoms with van der Waals surface area (Å²) in [6.07, 6.45) is 0. The molecule has 2 N–H and O–H groups in total. The first-order valence-electron chi connectivity index (χ1n) is 5.32. The third-order valence-corrected chi connectivity index (χ3v) is 3.77. The Bertz CT molecular complexity index is 584. The van der Waals surface area contributed by atoms with Crippen LogP contribution < -0.4 is 9.44 Å². The fourth-order valence-corrected chi connectivity index (χ4v) is 3.07. The minimum absolute atomic E-state index is 0.0315. The number of esters is 1. The van der Waals surface area contributed by atoms with Crippen LogP contribution in [-0.4, -0.2) is 27.5 Å². The first-order chi connectivity index (χ1) is 9.25. The molecule has 0 bridgehead atoms. The van der Waals surface area contributed by atoms with Gasteiger partial charge in [-0.2, -0.15) is 13.1 Å². The lowest BCUT2D eigenvalue weighted by Crippen LogP contribution is -2.35. The predicted molar refractivity (Wildman–Crippen MR) is 78.7 cm³/mol. The molecule has 0 aliphatic carbocycles. The van der Waals surface area contributed by atoms with Crippen molar-refractivity contribution in [3.8, 4) is 0 Å². The van der Waals surface area contributed by atoms with Gasteiger partial charge in [0.25, 0.3) is 10.2 Å². The minimum atomic E-state index is -4.02. The van der Waals surface area contributed by atoms with Crippen LogP contribution in [0.5, 0.6) is 0 Å². The summed E-state index contributed by atoms with van der Waals surface area (Å²) in [5.41, 5.74) is -0.0332. The van der Waals surface area contributed by atoms with Gasteiger partial charge in [0.15, 0.2) is 0 Å². The van der Waals surface area contributed by atoms with Crippen LogP contribution in [0.25, 0.3) is 0 Å². The number of nitrogens with one attached hydrogen (secondary N) is 2. The molecule has 0 aliphatic rings. The van der Waals surface area contributed by atoms with Crippen molar-refractivity contribution >= 4 is 56.7 Å². The molecule has 0 aliphatic heterocycles. The first kappa shape index (κ1) is 17.3. The Morgan fingerprint density at radius 3 is 2.30 bits per heavy atom. The highest BCUT2D eigenvalue weighted by Crippen LogP contribution is 2.34. The maximum absolute atomic E-state index is 11.7. The lowest BCUT2D eigenvalue weighted by Gasteiger charge is -2.12. The Balaban J connectivity index is 2.79. The molecule has 0 amide bonds. The number of ether oxygens (including phenoxy) is 1. The predicted octanol–water partition coefficient (Wildman–Crippen LogP) is 2.46. The molecule has 0 saturated carbocycles. The number of carbonyl (C=O) groups is 1. The molecule has 20 heavy (non-hydrogen) atoms. The lowest BCUT2D eigenvalue weighted by molar-refractivity contribution is -0.141. The van der Waals surface area contributed by atoms with Crippen LogP contribution in [0.3, 0.4) is 0 Å². The van der Waals surface area contributed by atoms with Crippen LogP contribution in [-0.2, 0) is 19.7 Å². The van der Waals surface area contributed by atoms with Gasteiger partial charge in [0.2, 0.25) is 0 Å². The second-order valence-electron chi connectivity index (χ2n) is 3.48. The van der Waals surface area contributed by atoms with Gasteiger partial charge in [0.05, 0.1) is 22.3 Å². The van der Waals surface area contributed by atoms with Crippen molar-refractivity contribution in [1.82, 2.24) is 4.72 Å². The monoisotopic (exact) mass is 360 g/mol. The van der Waals surface area contributed by atoms with Crippen molar-refractivity contribution < 1.29 is 17.9 Å². The highest BCUT2D eigenvalue weighted by Gasteiger charge is 2.17. The van der Waals surface area contributed by atoms with Gasteiger partial charge < -0.3 is 4.74 Å². The highest BCUT2D eigenvalue weighted by atomic mass is 35.5. The topological polar surface area (TPSA) is 84.5 Å². The molecule has 0 atom stereocenters. The number of hydrogen-bond acceptors (Lipinski definition) is 4. The summed E-state index contributed by atoms with van der Waals surface area (Å²) in [6, 6.07) is 2.66. The Labute approximate surface area is 131 Å². The van der Waals surface area contributed by atoms with Crippen LogP contribution in [0.1, 0.15) is 6.92 Å². The zero-order valence-electron chi connectivity index (χ0n) is 10.2. The molecule has 0 spiro atoms. The lowest BCUT2D eigenvalue weighted by atomic mass is 10.3. The van der Waals surface area contributed by atoms with E-state index < -0.39 is 22.7 Å². The molecule has 0 unspecified atom stereocenters. The number of carbonyl (C=O) groups excluding carboxylic acids is 1. The van der Waals surface area contributed by atoms with Crippen molar-refractivity contribution in [3.05, 3.63) is 27.2 Å². The number of rotatable bonds is 6. The number of anilines is 1. The van der Waals surface area contributed by atoms with Gasteiger partial charge >= 0.3 is 5.97 Å². The zero-order valence-corrected chi connectivity index (χ0v) is 13.3. The first-order valence-corrected chi connectivity index (χ1v) is 7.94. The van der Waals surface area contributed by atoms with E-state index in [1.165, 1.54) is 12.1 Å². The van der Waals surface area contributed by atoms with E-state index in [1.807, 2.05) is 4.72 Å². The molecule has 1 aromatic rings. The van der Waals surface area contributed by atoms with Gasteiger partial charge in [-0.05, 0) is 19.1 Å². The largest absolute Gasteiger partial charge is 0.465 e. The standard InChI is InChI=1S/C10H11Cl3N2O4S/c1-2-19-9(16)5-14-20(17,18)15-10-7(12)3-6(11)4-8(10)13/h3-4,14-15H,2,5H2,1H3. The molecule has 0 aromatic heterocycles. The smallest absolute Gasteiger partial charge is 0.321 e. The molecule has 1 aromatic carbocycles. The molecule has 0 fully saturated rings. The SMILES string of the molecule is CCOC(=O)CNS(=O)(=O)Nc1c(Cl)cc(Cl)cc1Cl. The third kappa shape index (κ3) is 5.34. The van der Waals surface area contributed by atoms with Crippen molar-refractivity contribution in [2.45, 2.75) is 6.92 Å². The summed E-state index contributed by atoms with van der Waals surface area (Å²) in [7, 11) is -4.02. The number of halogens is 3. The Morgan fingerprint density at radius 1 is 1.25 bits per heavy atom. The van der Waals surface area contributed by atoms with E-state index in [2.05, 4.69) is 9.46 Å². The molecule has 6 nitrogen and oxygen atoms in total. The van der Waals surface area contributed by atoms with Crippen LogP contribution in [0.15, 0.2) is 12.1 Å². The second kappa shape index (κ2) is 7.33. The molecule has 1 rings (SSSR count). The average Bonchev–Trinajstić information content (AvgIpc) is 2.32. The van der Waals surface area contributed by atoms with E-state index in [0.717, 1.165) is 0 Å². The van der Waals surface area contributed by atoms with Crippen LogP contribution in [0, 0.1) is 0 Å². The molecular weight excluding hydrogens is 351 g/mol. The summed E-state index contributed by atoms with van der Waals surface area (Å²) < 4.78 is 32.1. The Kier molecular flexibility index (Phi) is 6.35. The van der Waals surface area contributed by atoms with Gasteiger partial charge in [0, 0.05) is 5.02 Å². The van der Waals surface area contributed by atoms with Crippen LogP contribution >= 0.6 is 34.8 Å². The minimum Gasteiger partial charge on any atom is -0.465 e. The molecular formula is C10H11Cl3N2O4S. The van der Waals surface area contributed by atoms with Gasteiger partial charge in [-0.25, -0.2) is 0 Å². The summed E-state index contributed by atoms with van der Waals surface area (Å²) >= 11 is 17.4. The van der Waals surface area contributed by atoms with E-state index >= 15 is 0 Å². The normalized spacial score (nSPS) is 11.2. The Morgan fingerprint density at radius 2 is 1.80 bits per heavy atom. The van der Waals surface area contributed by atoms with Crippen molar-refractivity contribution in [2.75, 3.05) is 17.9 Å². The summed E-state index contributed by atoms with van der Waals surface area (Å²) in [5, 5.41) is 0.329. The van der Waals surface area contributed by atoms with Crippen LogP contribution in [0.4, 0.5) is 5.69 Å². The van der Waals surface area contributed by atoms with Gasteiger partial charge in [-0.1, -0.05) is 34.8 Å². The maximum Gasteiger partial charge on any atom is 0.321 e. The maximum atomic E-state index is 11.7. The van der Waals surface area contributed by atoms with E-state index in [4.69, 9.17) is 34.8 Å². The molecule has 10 heteroatoms. The second-order valence-corrected chi connectivity index (χ2v) is 6.23. The molecule has 0 radical (unpaired) electrons. The zero-order chi connectivity index (χ0) is 15.3. The van der Waals surface area contributed by atoms with E-state index in [0.29, 0.717) is 0 Å². The van der Waals surface area contributed by atoms with E-state index in [1.54, 1.807) is 6.92 Å². The average molecular weight is 362 g/mol. The van der Waals surface area contributed by atoms with Gasteiger partial charge in [-0.3, -0.25) is 9.52 Å². The third-order valence-electron chi connectivity index (χ3n) is 1.96. The molecule has 0 saturated heterocycles. The van der Waals surface area contributed by atoms with Crippen LogP contribution in [0.2, 0.25) is 15.1 Å². The summed E-state index contributed by atoms with van der Waals surface area (Å²) in [6.45, 7) is 1.26.